The Hall–Kier alpha value is -1.59. The summed E-state index contributed by atoms with van der Waals surface area (Å²) in [6, 6.07) is 11.3. The predicted molar refractivity (Wildman–Crippen MR) is 81.3 cm³/mol. The number of carbonyl (C=O) groups is 1. The summed E-state index contributed by atoms with van der Waals surface area (Å²) in [5.41, 5.74) is 1.32. The molecule has 5 nitrogen and oxygen atoms in total. The number of fused-ring (bicyclic) bond motifs is 1. The maximum atomic E-state index is 11.2. The average molecular weight is 289 g/mol. The predicted octanol–water partition coefficient (Wildman–Crippen LogP) is 1.55. The Kier molecular flexibility index (Phi) is 4.12. The molecule has 1 aromatic carbocycles. The van der Waals surface area contributed by atoms with Gasteiger partial charge < -0.3 is 10.0 Å². The molecule has 2 saturated heterocycles. The van der Waals surface area contributed by atoms with Gasteiger partial charge in [-0.2, -0.15) is 0 Å². The highest BCUT2D eigenvalue weighted by Gasteiger charge is 2.37. The fraction of sp³-hybridized carbons (Fsp3) is 0.562. The van der Waals surface area contributed by atoms with Crippen molar-refractivity contribution in [1.29, 1.82) is 0 Å². The van der Waals surface area contributed by atoms with Gasteiger partial charge in [0.2, 0.25) is 0 Å². The Morgan fingerprint density at radius 1 is 1.19 bits per heavy atom. The summed E-state index contributed by atoms with van der Waals surface area (Å²) >= 11 is 0. The van der Waals surface area contributed by atoms with Crippen LogP contribution in [0.4, 0.5) is 4.79 Å². The van der Waals surface area contributed by atoms with Crippen molar-refractivity contribution < 1.29 is 9.90 Å². The van der Waals surface area contributed by atoms with Gasteiger partial charge in [0.25, 0.3) is 0 Å². The fourth-order valence-corrected chi connectivity index (χ4v) is 3.61. The zero-order valence-electron chi connectivity index (χ0n) is 12.5. The third-order valence-corrected chi connectivity index (χ3v) is 4.61. The Morgan fingerprint density at radius 3 is 2.67 bits per heavy atom. The van der Waals surface area contributed by atoms with Gasteiger partial charge in [-0.15, -0.1) is 0 Å². The van der Waals surface area contributed by atoms with Gasteiger partial charge in [-0.1, -0.05) is 30.3 Å². The monoisotopic (exact) mass is 289 g/mol. The second-order valence-corrected chi connectivity index (χ2v) is 6.15. The zero-order valence-corrected chi connectivity index (χ0v) is 12.5. The number of carboxylic acid groups (broad SMARTS) is 1. The molecule has 2 aliphatic heterocycles. The summed E-state index contributed by atoms with van der Waals surface area (Å²) in [6.45, 7) is 7.32. The van der Waals surface area contributed by atoms with E-state index in [4.69, 9.17) is 0 Å². The van der Waals surface area contributed by atoms with Gasteiger partial charge in [-0.25, -0.2) is 4.79 Å². The zero-order chi connectivity index (χ0) is 14.8. The van der Waals surface area contributed by atoms with Gasteiger partial charge in [0.1, 0.15) is 0 Å². The highest BCUT2D eigenvalue weighted by atomic mass is 16.4. The van der Waals surface area contributed by atoms with Crippen LogP contribution >= 0.6 is 0 Å². The van der Waals surface area contributed by atoms with Crippen LogP contribution in [0.25, 0.3) is 0 Å². The average Bonchev–Trinajstić information content (AvgIpc) is 2.47. The third kappa shape index (κ3) is 3.19. The highest BCUT2D eigenvalue weighted by Crippen LogP contribution is 2.21. The van der Waals surface area contributed by atoms with Crippen LogP contribution in [-0.2, 0) is 6.54 Å². The summed E-state index contributed by atoms with van der Waals surface area (Å²) in [5, 5.41) is 9.19. The lowest BCUT2D eigenvalue weighted by Gasteiger charge is -2.50. The van der Waals surface area contributed by atoms with E-state index >= 15 is 0 Å². The van der Waals surface area contributed by atoms with Crippen molar-refractivity contribution in [2.75, 3.05) is 32.7 Å². The summed E-state index contributed by atoms with van der Waals surface area (Å²) in [5.74, 6) is 0. The van der Waals surface area contributed by atoms with Gasteiger partial charge in [-0.05, 0) is 12.5 Å². The summed E-state index contributed by atoms with van der Waals surface area (Å²) < 4.78 is 0. The number of hydrogen-bond donors (Lipinski definition) is 1. The van der Waals surface area contributed by atoms with Crippen molar-refractivity contribution >= 4 is 6.09 Å². The van der Waals surface area contributed by atoms with Gasteiger partial charge in [-0.3, -0.25) is 9.80 Å². The maximum Gasteiger partial charge on any atom is 0.407 e. The SMILES string of the molecule is C[C@H]1CN(Cc2ccccc2)C[C@@H]2CN(C(=O)O)CCN21. The minimum absolute atomic E-state index is 0.322. The second kappa shape index (κ2) is 6.03. The standard InChI is InChI=1S/C16H23N3O2/c1-13-9-17(10-14-5-3-2-4-6-14)11-15-12-18(16(20)21)7-8-19(13)15/h2-6,13,15H,7-12H2,1H3,(H,20,21)/t13-,15+/m0/s1. The second-order valence-electron chi connectivity index (χ2n) is 6.15. The van der Waals surface area contributed by atoms with E-state index < -0.39 is 6.09 Å². The van der Waals surface area contributed by atoms with Crippen molar-refractivity contribution in [3.63, 3.8) is 0 Å². The fourth-order valence-electron chi connectivity index (χ4n) is 3.61. The third-order valence-electron chi connectivity index (χ3n) is 4.61. The summed E-state index contributed by atoms with van der Waals surface area (Å²) in [6.07, 6.45) is -0.789. The first-order valence-electron chi connectivity index (χ1n) is 7.63. The number of hydrogen-bond acceptors (Lipinski definition) is 3. The van der Waals surface area contributed by atoms with Crippen molar-refractivity contribution in [1.82, 2.24) is 14.7 Å². The van der Waals surface area contributed by atoms with Crippen LogP contribution in [0.1, 0.15) is 12.5 Å². The molecule has 21 heavy (non-hydrogen) atoms. The number of rotatable bonds is 2. The molecule has 114 valence electrons. The number of piperazine rings is 2. The largest absolute Gasteiger partial charge is 0.465 e. The van der Waals surface area contributed by atoms with E-state index in [9.17, 15) is 9.90 Å². The molecule has 0 spiro atoms. The number of nitrogens with zero attached hydrogens (tertiary/aromatic N) is 3. The molecule has 0 radical (unpaired) electrons. The molecule has 1 aromatic rings. The molecular formula is C16H23N3O2. The van der Waals surface area contributed by atoms with Crippen LogP contribution in [0.15, 0.2) is 30.3 Å². The van der Waals surface area contributed by atoms with E-state index in [1.807, 2.05) is 6.07 Å². The molecule has 1 N–H and O–H groups in total. The molecule has 0 aliphatic carbocycles. The summed E-state index contributed by atoms with van der Waals surface area (Å²) in [7, 11) is 0. The van der Waals surface area contributed by atoms with E-state index in [2.05, 4.69) is 41.0 Å². The van der Waals surface area contributed by atoms with Gasteiger partial charge in [0.05, 0.1) is 0 Å². The number of benzene rings is 1. The minimum atomic E-state index is -0.789. The minimum Gasteiger partial charge on any atom is -0.465 e. The first-order valence-corrected chi connectivity index (χ1v) is 7.63. The lowest BCUT2D eigenvalue weighted by molar-refractivity contribution is -0.0184. The van der Waals surface area contributed by atoms with Crippen LogP contribution < -0.4 is 0 Å². The first-order chi connectivity index (χ1) is 10.1. The molecular weight excluding hydrogens is 266 g/mol. The normalized spacial score (nSPS) is 27.4. The van der Waals surface area contributed by atoms with E-state index in [0.29, 0.717) is 25.2 Å². The Bertz CT molecular complexity index is 494. The highest BCUT2D eigenvalue weighted by molar-refractivity contribution is 5.65. The van der Waals surface area contributed by atoms with E-state index in [-0.39, 0.29) is 0 Å². The lowest BCUT2D eigenvalue weighted by atomic mass is 10.0. The van der Waals surface area contributed by atoms with Crippen LogP contribution in [0, 0.1) is 0 Å². The first kappa shape index (κ1) is 14.4. The molecule has 0 bridgehead atoms. The maximum absolute atomic E-state index is 11.2. The van der Waals surface area contributed by atoms with Gasteiger partial charge in [0.15, 0.2) is 0 Å². The Morgan fingerprint density at radius 2 is 1.95 bits per heavy atom. The van der Waals surface area contributed by atoms with Crippen LogP contribution in [0.5, 0.6) is 0 Å². The van der Waals surface area contributed by atoms with E-state index in [1.54, 1.807) is 4.90 Å². The summed E-state index contributed by atoms with van der Waals surface area (Å²) in [4.78, 5) is 17.7. The molecule has 0 unspecified atom stereocenters. The molecule has 2 fully saturated rings. The molecule has 2 atom stereocenters. The van der Waals surface area contributed by atoms with E-state index in [1.165, 1.54) is 5.56 Å². The Balaban J connectivity index is 1.66. The van der Waals surface area contributed by atoms with E-state index in [0.717, 1.165) is 26.2 Å². The molecule has 5 heteroatoms. The lowest BCUT2D eigenvalue weighted by Crippen LogP contribution is -2.65. The number of amides is 1. The molecule has 1 amide bonds. The van der Waals surface area contributed by atoms with Crippen LogP contribution in [0.2, 0.25) is 0 Å². The molecule has 3 rings (SSSR count). The van der Waals surface area contributed by atoms with Crippen molar-refractivity contribution in [3.8, 4) is 0 Å². The molecule has 2 heterocycles. The van der Waals surface area contributed by atoms with Crippen LogP contribution in [0.3, 0.4) is 0 Å². The quantitative estimate of drug-likeness (QED) is 0.897. The smallest absolute Gasteiger partial charge is 0.407 e. The molecule has 0 aromatic heterocycles. The topological polar surface area (TPSA) is 47.0 Å². The van der Waals surface area contributed by atoms with Gasteiger partial charge >= 0.3 is 6.09 Å². The Labute approximate surface area is 125 Å². The van der Waals surface area contributed by atoms with Crippen molar-refractivity contribution in [3.05, 3.63) is 35.9 Å². The van der Waals surface area contributed by atoms with Crippen molar-refractivity contribution in [2.45, 2.75) is 25.6 Å². The molecule has 0 saturated carbocycles. The molecule has 2 aliphatic rings. The van der Waals surface area contributed by atoms with Crippen molar-refractivity contribution in [2.24, 2.45) is 0 Å². The van der Waals surface area contributed by atoms with Gasteiger partial charge in [0, 0.05) is 51.4 Å². The van der Waals surface area contributed by atoms with Crippen LogP contribution in [-0.4, -0.2) is 70.7 Å².